The van der Waals surface area contributed by atoms with Gasteiger partial charge in [-0.15, -0.1) is 0 Å². The highest BCUT2D eigenvalue weighted by Gasteiger charge is 2.30. The Morgan fingerprint density at radius 2 is 2.43 bits per heavy atom. The summed E-state index contributed by atoms with van der Waals surface area (Å²) in [7, 11) is 0. The highest BCUT2D eigenvalue weighted by atomic mass is 19.1. The van der Waals surface area contributed by atoms with E-state index in [1.165, 1.54) is 6.07 Å². The molecule has 1 aliphatic rings. The van der Waals surface area contributed by atoms with E-state index in [9.17, 15) is 4.39 Å². The van der Waals surface area contributed by atoms with Crippen LogP contribution in [0.4, 0.5) is 10.2 Å². The smallest absolute Gasteiger partial charge is 0.165 e. The monoisotopic (exact) mass is 195 g/mol. The van der Waals surface area contributed by atoms with Crippen LogP contribution < -0.4 is 10.6 Å². The van der Waals surface area contributed by atoms with Crippen molar-refractivity contribution in [3.63, 3.8) is 0 Å². The zero-order valence-electron chi connectivity index (χ0n) is 8.15. The van der Waals surface area contributed by atoms with E-state index in [1.807, 2.05) is 11.8 Å². The fourth-order valence-electron chi connectivity index (χ4n) is 1.85. The highest BCUT2D eigenvalue weighted by molar-refractivity contribution is 5.42. The van der Waals surface area contributed by atoms with Crippen LogP contribution in [0.25, 0.3) is 0 Å². The van der Waals surface area contributed by atoms with E-state index in [1.54, 1.807) is 12.3 Å². The summed E-state index contributed by atoms with van der Waals surface area (Å²) >= 11 is 0. The molecule has 0 radical (unpaired) electrons. The molecule has 2 unspecified atom stereocenters. The molecule has 1 fully saturated rings. The molecule has 0 saturated carbocycles. The van der Waals surface area contributed by atoms with E-state index in [0.29, 0.717) is 5.82 Å². The van der Waals surface area contributed by atoms with Crippen LogP contribution in [0.5, 0.6) is 0 Å². The van der Waals surface area contributed by atoms with Gasteiger partial charge in [-0.3, -0.25) is 0 Å². The third-order valence-electron chi connectivity index (χ3n) is 2.83. The molecule has 1 aromatic heterocycles. The minimum absolute atomic E-state index is 0.122. The summed E-state index contributed by atoms with van der Waals surface area (Å²) in [6.45, 7) is 2.79. The topological polar surface area (TPSA) is 42.1 Å². The average molecular weight is 195 g/mol. The fourth-order valence-corrected chi connectivity index (χ4v) is 1.85. The zero-order chi connectivity index (χ0) is 10.1. The van der Waals surface area contributed by atoms with Crippen LogP contribution in [0, 0.1) is 5.82 Å². The van der Waals surface area contributed by atoms with Crippen LogP contribution in [0.2, 0.25) is 0 Å². The molecule has 1 aliphatic heterocycles. The normalized spacial score (nSPS) is 26.9. The van der Waals surface area contributed by atoms with Gasteiger partial charge >= 0.3 is 0 Å². The van der Waals surface area contributed by atoms with Crippen LogP contribution in [-0.2, 0) is 0 Å². The molecule has 0 bridgehead atoms. The fraction of sp³-hybridized carbons (Fsp3) is 0.500. The van der Waals surface area contributed by atoms with E-state index in [4.69, 9.17) is 5.73 Å². The Bertz CT molecular complexity index is 329. The van der Waals surface area contributed by atoms with Crippen LogP contribution >= 0.6 is 0 Å². The van der Waals surface area contributed by atoms with E-state index in [0.717, 1.165) is 13.0 Å². The number of pyridine rings is 1. The minimum Gasteiger partial charge on any atom is -0.350 e. The van der Waals surface area contributed by atoms with Crippen LogP contribution in [-0.4, -0.2) is 23.6 Å². The lowest BCUT2D eigenvalue weighted by molar-refractivity contribution is 0.587. The van der Waals surface area contributed by atoms with Gasteiger partial charge in [0.2, 0.25) is 0 Å². The molecule has 4 heteroatoms. The van der Waals surface area contributed by atoms with Gasteiger partial charge in [-0.2, -0.15) is 0 Å². The molecule has 1 saturated heterocycles. The number of hydrogen-bond donors (Lipinski definition) is 1. The maximum Gasteiger partial charge on any atom is 0.165 e. The van der Waals surface area contributed by atoms with E-state index in [2.05, 4.69) is 4.98 Å². The molecule has 2 heterocycles. The number of rotatable bonds is 1. The van der Waals surface area contributed by atoms with E-state index < -0.39 is 0 Å². The maximum atomic E-state index is 13.4. The quantitative estimate of drug-likeness (QED) is 0.730. The first-order chi connectivity index (χ1) is 6.70. The SMILES string of the molecule is CC1C(N)CCN1c1ncccc1F. The number of nitrogens with two attached hydrogens (primary N) is 1. The molecular formula is C10H14FN3. The molecule has 0 spiro atoms. The lowest BCUT2D eigenvalue weighted by Gasteiger charge is -2.24. The predicted octanol–water partition coefficient (Wildman–Crippen LogP) is 1.15. The molecule has 76 valence electrons. The number of anilines is 1. The Morgan fingerprint density at radius 1 is 1.64 bits per heavy atom. The first-order valence-electron chi connectivity index (χ1n) is 4.83. The number of nitrogens with zero attached hydrogens (tertiary/aromatic N) is 2. The molecule has 0 aromatic carbocycles. The second-order valence-electron chi connectivity index (χ2n) is 3.70. The second kappa shape index (κ2) is 3.53. The molecular weight excluding hydrogens is 181 g/mol. The van der Waals surface area contributed by atoms with Crippen LogP contribution in [0.3, 0.4) is 0 Å². The van der Waals surface area contributed by atoms with Gasteiger partial charge in [0.25, 0.3) is 0 Å². The van der Waals surface area contributed by atoms with Gasteiger partial charge in [-0.05, 0) is 25.5 Å². The lowest BCUT2D eigenvalue weighted by Crippen LogP contribution is -2.37. The summed E-state index contributed by atoms with van der Waals surface area (Å²) in [5.41, 5.74) is 5.86. The molecule has 0 aliphatic carbocycles. The zero-order valence-corrected chi connectivity index (χ0v) is 8.15. The van der Waals surface area contributed by atoms with Crippen molar-refractivity contribution in [3.05, 3.63) is 24.1 Å². The molecule has 2 rings (SSSR count). The number of aromatic nitrogens is 1. The molecule has 2 N–H and O–H groups in total. The maximum absolute atomic E-state index is 13.4. The predicted molar refractivity (Wildman–Crippen MR) is 53.6 cm³/mol. The third kappa shape index (κ3) is 1.46. The molecule has 2 atom stereocenters. The van der Waals surface area contributed by atoms with E-state index in [-0.39, 0.29) is 17.9 Å². The van der Waals surface area contributed by atoms with Crippen molar-refractivity contribution >= 4 is 5.82 Å². The van der Waals surface area contributed by atoms with Crippen molar-refractivity contribution in [1.82, 2.24) is 4.98 Å². The Labute approximate surface area is 82.7 Å². The van der Waals surface area contributed by atoms with Crippen molar-refractivity contribution in [2.24, 2.45) is 5.73 Å². The standard InChI is InChI=1S/C10H14FN3/c1-7-9(12)4-6-14(7)10-8(11)3-2-5-13-10/h2-3,5,7,9H,4,6,12H2,1H3. The summed E-state index contributed by atoms with van der Waals surface area (Å²) in [5.74, 6) is 0.154. The minimum atomic E-state index is -0.270. The van der Waals surface area contributed by atoms with Gasteiger partial charge in [0.1, 0.15) is 0 Å². The van der Waals surface area contributed by atoms with Gasteiger partial charge in [0, 0.05) is 24.8 Å². The Hall–Kier alpha value is -1.16. The van der Waals surface area contributed by atoms with Gasteiger partial charge in [-0.1, -0.05) is 0 Å². The summed E-state index contributed by atoms with van der Waals surface area (Å²) in [6, 6.07) is 3.31. The van der Waals surface area contributed by atoms with Gasteiger partial charge in [0.15, 0.2) is 11.6 Å². The lowest BCUT2D eigenvalue weighted by atomic mass is 10.2. The Balaban J connectivity index is 2.28. The Kier molecular flexibility index (Phi) is 2.37. The largest absolute Gasteiger partial charge is 0.350 e. The third-order valence-corrected chi connectivity index (χ3v) is 2.83. The van der Waals surface area contributed by atoms with Crippen LogP contribution in [0.1, 0.15) is 13.3 Å². The first-order valence-corrected chi connectivity index (χ1v) is 4.83. The van der Waals surface area contributed by atoms with Gasteiger partial charge in [-0.25, -0.2) is 9.37 Å². The van der Waals surface area contributed by atoms with Crippen molar-refractivity contribution in [1.29, 1.82) is 0 Å². The van der Waals surface area contributed by atoms with Crippen molar-refractivity contribution in [2.75, 3.05) is 11.4 Å². The van der Waals surface area contributed by atoms with Crippen LogP contribution in [0.15, 0.2) is 18.3 Å². The molecule has 3 nitrogen and oxygen atoms in total. The molecule has 14 heavy (non-hydrogen) atoms. The van der Waals surface area contributed by atoms with E-state index >= 15 is 0 Å². The summed E-state index contributed by atoms with van der Waals surface area (Å²) in [4.78, 5) is 5.97. The summed E-state index contributed by atoms with van der Waals surface area (Å²) < 4.78 is 13.4. The summed E-state index contributed by atoms with van der Waals surface area (Å²) in [5, 5.41) is 0. The number of halogens is 1. The molecule has 0 amide bonds. The van der Waals surface area contributed by atoms with Crippen molar-refractivity contribution < 1.29 is 4.39 Å². The summed E-state index contributed by atoms with van der Waals surface area (Å²) in [6.07, 6.45) is 2.51. The second-order valence-corrected chi connectivity index (χ2v) is 3.70. The highest BCUT2D eigenvalue weighted by Crippen LogP contribution is 2.24. The van der Waals surface area contributed by atoms with Crippen molar-refractivity contribution in [3.8, 4) is 0 Å². The average Bonchev–Trinajstić information content (AvgIpc) is 2.49. The first kappa shape index (κ1) is 9.40. The molecule has 1 aromatic rings. The number of hydrogen-bond acceptors (Lipinski definition) is 3. The van der Waals surface area contributed by atoms with Gasteiger partial charge in [0.05, 0.1) is 0 Å². The van der Waals surface area contributed by atoms with Crippen molar-refractivity contribution in [2.45, 2.75) is 25.4 Å². The van der Waals surface area contributed by atoms with Gasteiger partial charge < -0.3 is 10.6 Å². The Morgan fingerprint density at radius 3 is 3.00 bits per heavy atom.